The fraction of sp³-hybridized carbons (Fsp3) is 0.409. The number of non-ortho nitro benzene ring substituents is 1. The maximum atomic E-state index is 11.9. The minimum atomic E-state index is -1.21. The van der Waals surface area contributed by atoms with Gasteiger partial charge in [0.25, 0.3) is 11.4 Å². The molecule has 12 nitrogen and oxygen atoms in total. The van der Waals surface area contributed by atoms with Gasteiger partial charge in [0.1, 0.15) is 0 Å². The standard InChI is InChI=1S/C16H23NO.C6H3N3O7/c18-16(15-9-3-1-4-10-15)11-5-8-14-17-12-6-2-7-13-17;10-6-4(8(13)14)1-3(7(11)12)2-5(6)9(15)16/h1,3-4,9-10H,2,5-8,11-14H2;1-2,10H. The first-order valence-corrected chi connectivity index (χ1v) is 10.8. The van der Waals surface area contributed by atoms with Crippen LogP contribution in [0.5, 0.6) is 5.75 Å². The van der Waals surface area contributed by atoms with Crippen LogP contribution in [0.3, 0.4) is 0 Å². The molecule has 1 aliphatic heterocycles. The molecule has 0 radical (unpaired) electrons. The molecule has 12 heteroatoms. The lowest BCUT2D eigenvalue weighted by molar-refractivity contribution is -0.404. The highest BCUT2D eigenvalue weighted by atomic mass is 16.6. The van der Waals surface area contributed by atoms with Gasteiger partial charge in [0.2, 0.25) is 0 Å². The van der Waals surface area contributed by atoms with E-state index in [1.165, 1.54) is 38.9 Å². The highest BCUT2D eigenvalue weighted by Gasteiger charge is 2.30. The van der Waals surface area contributed by atoms with Gasteiger partial charge in [0, 0.05) is 12.0 Å². The molecule has 2 aromatic rings. The summed E-state index contributed by atoms with van der Waals surface area (Å²) in [6.07, 6.45) is 6.95. The molecule has 0 unspecified atom stereocenters. The Hall–Kier alpha value is -3.93. The number of nitrogens with zero attached hydrogens (tertiary/aromatic N) is 4. The van der Waals surface area contributed by atoms with Gasteiger partial charge in [-0.1, -0.05) is 36.8 Å². The van der Waals surface area contributed by atoms with Crippen LogP contribution in [0, 0.1) is 30.3 Å². The summed E-state index contributed by atoms with van der Waals surface area (Å²) in [5, 5.41) is 40.2. The second-order valence-corrected chi connectivity index (χ2v) is 7.75. The molecule has 0 amide bonds. The average Bonchev–Trinajstić information content (AvgIpc) is 2.83. The molecule has 1 heterocycles. The Balaban J connectivity index is 0.000000242. The van der Waals surface area contributed by atoms with Crippen LogP contribution < -0.4 is 0 Å². The lowest BCUT2D eigenvalue weighted by atomic mass is 10.1. The van der Waals surface area contributed by atoms with Crippen LogP contribution in [0.4, 0.5) is 17.1 Å². The van der Waals surface area contributed by atoms with Gasteiger partial charge in [-0.05, 0) is 45.3 Å². The van der Waals surface area contributed by atoms with E-state index in [4.69, 9.17) is 5.11 Å². The van der Waals surface area contributed by atoms with Gasteiger partial charge < -0.3 is 10.0 Å². The topological polar surface area (TPSA) is 170 Å². The predicted molar refractivity (Wildman–Crippen MR) is 123 cm³/mol. The largest absolute Gasteiger partial charge is 0.497 e. The Bertz CT molecular complexity index is 988. The van der Waals surface area contributed by atoms with Crippen LogP contribution in [0.1, 0.15) is 48.9 Å². The maximum absolute atomic E-state index is 11.9. The van der Waals surface area contributed by atoms with Crippen molar-refractivity contribution in [3.63, 3.8) is 0 Å². The summed E-state index contributed by atoms with van der Waals surface area (Å²) < 4.78 is 0. The van der Waals surface area contributed by atoms with Gasteiger partial charge in [-0.25, -0.2) is 0 Å². The van der Waals surface area contributed by atoms with Crippen LogP contribution in [0.15, 0.2) is 42.5 Å². The van der Waals surface area contributed by atoms with Crippen LogP contribution in [0.2, 0.25) is 0 Å². The second-order valence-electron chi connectivity index (χ2n) is 7.75. The number of unbranched alkanes of at least 4 members (excludes halogenated alkanes) is 1. The predicted octanol–water partition coefficient (Wildman–Crippen LogP) is 4.64. The number of likely N-dealkylation sites (tertiary alicyclic amines) is 1. The van der Waals surface area contributed by atoms with Crippen molar-refractivity contribution in [3.8, 4) is 5.75 Å². The lowest BCUT2D eigenvalue weighted by Crippen LogP contribution is -2.30. The van der Waals surface area contributed by atoms with Crippen molar-refractivity contribution in [2.24, 2.45) is 0 Å². The molecule has 0 atom stereocenters. The minimum absolute atomic E-state index is 0.286. The van der Waals surface area contributed by atoms with Crippen molar-refractivity contribution >= 4 is 22.8 Å². The third-order valence-corrected chi connectivity index (χ3v) is 5.33. The SMILES string of the molecule is O=C(CCCCN1CCCCC1)c1ccccc1.O=[N+]([O-])c1cc([N+](=O)[O-])c(O)c([N+](=O)[O-])c1. The number of Topliss-reactive ketones (excluding diaryl/α,β-unsaturated/α-hetero) is 1. The molecule has 34 heavy (non-hydrogen) atoms. The molecular weight excluding hydrogens is 448 g/mol. The van der Waals surface area contributed by atoms with Crippen molar-refractivity contribution in [3.05, 3.63) is 78.4 Å². The van der Waals surface area contributed by atoms with Crippen LogP contribution >= 0.6 is 0 Å². The molecule has 1 fully saturated rings. The molecule has 0 bridgehead atoms. The van der Waals surface area contributed by atoms with E-state index in [1.54, 1.807) is 0 Å². The fourth-order valence-corrected chi connectivity index (χ4v) is 3.55. The summed E-state index contributed by atoms with van der Waals surface area (Å²) in [6.45, 7) is 3.68. The summed E-state index contributed by atoms with van der Waals surface area (Å²) in [4.78, 5) is 42.2. The number of carbonyl (C=O) groups excluding carboxylic acids is 1. The summed E-state index contributed by atoms with van der Waals surface area (Å²) in [6, 6.07) is 10.5. The lowest BCUT2D eigenvalue weighted by Gasteiger charge is -2.26. The molecule has 0 aromatic heterocycles. The van der Waals surface area contributed by atoms with E-state index < -0.39 is 37.6 Å². The molecule has 0 spiro atoms. The zero-order valence-electron chi connectivity index (χ0n) is 18.5. The number of hydrogen-bond acceptors (Lipinski definition) is 9. The number of ketones is 1. The van der Waals surface area contributed by atoms with Crippen molar-refractivity contribution in [2.75, 3.05) is 19.6 Å². The molecule has 0 aliphatic carbocycles. The van der Waals surface area contributed by atoms with Crippen molar-refractivity contribution in [1.82, 2.24) is 4.90 Å². The molecule has 1 saturated heterocycles. The molecule has 1 aliphatic rings. The van der Waals surface area contributed by atoms with E-state index in [9.17, 15) is 35.1 Å². The van der Waals surface area contributed by atoms with E-state index in [0.29, 0.717) is 18.6 Å². The van der Waals surface area contributed by atoms with Crippen LogP contribution in [-0.4, -0.2) is 50.2 Å². The quantitative estimate of drug-likeness (QED) is 0.235. The third-order valence-electron chi connectivity index (χ3n) is 5.33. The zero-order chi connectivity index (χ0) is 25.1. The summed E-state index contributed by atoms with van der Waals surface area (Å²) in [5.74, 6) is -0.921. The Labute approximate surface area is 195 Å². The highest BCUT2D eigenvalue weighted by Crippen LogP contribution is 2.38. The number of nitro groups is 3. The van der Waals surface area contributed by atoms with E-state index in [0.717, 1.165) is 18.4 Å². The van der Waals surface area contributed by atoms with E-state index in [2.05, 4.69) is 4.90 Å². The first-order chi connectivity index (χ1) is 16.2. The first-order valence-electron chi connectivity index (χ1n) is 10.8. The van der Waals surface area contributed by atoms with Crippen LogP contribution in [0.25, 0.3) is 0 Å². The van der Waals surface area contributed by atoms with Crippen LogP contribution in [-0.2, 0) is 0 Å². The van der Waals surface area contributed by atoms with E-state index >= 15 is 0 Å². The number of rotatable bonds is 9. The minimum Gasteiger partial charge on any atom is -0.497 e. The zero-order valence-corrected chi connectivity index (χ0v) is 18.5. The first kappa shape index (κ1) is 26.3. The Morgan fingerprint density at radius 3 is 1.91 bits per heavy atom. The second kappa shape index (κ2) is 12.9. The molecule has 0 saturated carbocycles. The Kier molecular flexibility index (Phi) is 10.0. The summed E-state index contributed by atoms with van der Waals surface area (Å²) in [7, 11) is 0. The summed E-state index contributed by atoms with van der Waals surface area (Å²) in [5.41, 5.74) is -2.14. The number of aromatic hydroxyl groups is 1. The number of piperidine rings is 1. The highest BCUT2D eigenvalue weighted by molar-refractivity contribution is 5.95. The summed E-state index contributed by atoms with van der Waals surface area (Å²) >= 11 is 0. The van der Waals surface area contributed by atoms with Gasteiger partial charge in [0.15, 0.2) is 5.78 Å². The van der Waals surface area contributed by atoms with Crippen molar-refractivity contribution in [1.29, 1.82) is 0 Å². The molecular formula is C22H26N4O8. The van der Waals surface area contributed by atoms with Gasteiger partial charge in [0.05, 0.1) is 26.9 Å². The monoisotopic (exact) mass is 474 g/mol. The van der Waals surface area contributed by atoms with Gasteiger partial charge in [-0.3, -0.25) is 35.1 Å². The van der Waals surface area contributed by atoms with E-state index in [1.807, 2.05) is 30.3 Å². The van der Waals surface area contributed by atoms with Gasteiger partial charge in [-0.15, -0.1) is 0 Å². The van der Waals surface area contributed by atoms with Crippen molar-refractivity contribution in [2.45, 2.75) is 38.5 Å². The molecule has 1 N–H and O–H groups in total. The molecule has 182 valence electrons. The fourth-order valence-electron chi connectivity index (χ4n) is 3.55. The molecule has 3 rings (SSSR count). The third kappa shape index (κ3) is 7.89. The number of benzene rings is 2. The normalized spacial score (nSPS) is 13.4. The number of phenols is 1. The average molecular weight is 474 g/mol. The number of carbonyl (C=O) groups is 1. The Morgan fingerprint density at radius 2 is 1.41 bits per heavy atom. The van der Waals surface area contributed by atoms with Gasteiger partial charge in [-0.2, -0.15) is 0 Å². The van der Waals surface area contributed by atoms with Gasteiger partial charge >= 0.3 is 11.4 Å². The Morgan fingerprint density at radius 1 is 0.853 bits per heavy atom. The maximum Gasteiger partial charge on any atom is 0.324 e. The smallest absolute Gasteiger partial charge is 0.324 e. The number of nitro benzene ring substituents is 3. The number of phenolic OH excluding ortho intramolecular Hbond substituents is 1. The van der Waals surface area contributed by atoms with E-state index in [-0.39, 0.29) is 5.78 Å². The molecule has 2 aromatic carbocycles. The number of hydrogen-bond donors (Lipinski definition) is 1. The van der Waals surface area contributed by atoms with Crippen molar-refractivity contribution < 1.29 is 24.7 Å².